The number of anilines is 1. The minimum absolute atomic E-state index is 0.248. The van der Waals surface area contributed by atoms with Crippen LogP contribution in [0.2, 0.25) is 0 Å². The van der Waals surface area contributed by atoms with E-state index in [1.54, 1.807) is 6.33 Å². The van der Waals surface area contributed by atoms with Crippen LogP contribution in [0.5, 0.6) is 0 Å². The van der Waals surface area contributed by atoms with Crippen molar-refractivity contribution in [3.63, 3.8) is 0 Å². The van der Waals surface area contributed by atoms with Crippen molar-refractivity contribution in [3.8, 4) is 11.3 Å². The Morgan fingerprint density at radius 1 is 1.00 bits per heavy atom. The van der Waals surface area contributed by atoms with Crippen molar-refractivity contribution >= 4 is 11.7 Å². The van der Waals surface area contributed by atoms with Gasteiger partial charge in [0.25, 0.3) is 0 Å². The van der Waals surface area contributed by atoms with E-state index in [1.165, 1.54) is 32.1 Å². The second kappa shape index (κ2) is 10.1. The summed E-state index contributed by atoms with van der Waals surface area (Å²) in [6.07, 6.45) is 10.2. The van der Waals surface area contributed by atoms with Crippen molar-refractivity contribution in [2.24, 2.45) is 11.8 Å². The smallest absolute Gasteiger partial charge is 0.225 e. The Hall–Kier alpha value is -2.43. The van der Waals surface area contributed by atoms with Crippen LogP contribution in [0.4, 0.5) is 5.82 Å². The van der Waals surface area contributed by atoms with Gasteiger partial charge in [0, 0.05) is 43.7 Å². The number of rotatable bonds is 6. The Bertz CT molecular complexity index is 809. The minimum Gasteiger partial charge on any atom is -0.353 e. The van der Waals surface area contributed by atoms with Crippen molar-refractivity contribution < 1.29 is 4.79 Å². The monoisotopic (exact) mass is 406 g/mol. The maximum absolute atomic E-state index is 13.0. The van der Waals surface area contributed by atoms with Gasteiger partial charge in [-0.3, -0.25) is 4.79 Å². The van der Waals surface area contributed by atoms with Gasteiger partial charge in [-0.15, -0.1) is 0 Å². The van der Waals surface area contributed by atoms with Crippen LogP contribution in [0, 0.1) is 11.8 Å². The number of hydrogen-bond donors (Lipinski definition) is 0. The SMILES string of the molecule is CCCCC1CCC(C(=O)N2CCN(c3cc(-c4ccccc4)ncn3)CC2)CC1. The van der Waals surface area contributed by atoms with Crippen LogP contribution >= 0.6 is 0 Å². The number of hydrogen-bond acceptors (Lipinski definition) is 4. The standard InChI is InChI=1S/C25H34N4O/c1-2-3-7-20-10-12-22(13-11-20)25(30)29-16-14-28(15-17-29)24-18-23(26-19-27-24)21-8-5-4-6-9-21/h4-6,8-9,18-20,22H,2-3,7,10-17H2,1H3. The largest absolute Gasteiger partial charge is 0.353 e. The molecule has 2 aromatic rings. The first-order valence-corrected chi connectivity index (χ1v) is 11.7. The molecule has 2 heterocycles. The molecule has 1 saturated heterocycles. The predicted octanol–water partition coefficient (Wildman–Crippen LogP) is 4.79. The summed E-state index contributed by atoms with van der Waals surface area (Å²) < 4.78 is 0. The zero-order chi connectivity index (χ0) is 20.8. The molecule has 1 aromatic carbocycles. The average Bonchev–Trinajstić information content (AvgIpc) is 2.83. The van der Waals surface area contributed by atoms with E-state index in [4.69, 9.17) is 0 Å². The highest BCUT2D eigenvalue weighted by atomic mass is 16.2. The van der Waals surface area contributed by atoms with Gasteiger partial charge in [0.05, 0.1) is 5.69 Å². The third kappa shape index (κ3) is 5.00. The number of amides is 1. The van der Waals surface area contributed by atoms with Gasteiger partial charge < -0.3 is 9.80 Å². The number of carbonyl (C=O) groups is 1. The van der Waals surface area contributed by atoms with Crippen LogP contribution in [-0.2, 0) is 4.79 Å². The van der Waals surface area contributed by atoms with Crippen molar-refractivity contribution in [2.75, 3.05) is 31.1 Å². The van der Waals surface area contributed by atoms with Gasteiger partial charge in [-0.2, -0.15) is 0 Å². The van der Waals surface area contributed by atoms with Crippen LogP contribution in [0.1, 0.15) is 51.9 Å². The molecule has 30 heavy (non-hydrogen) atoms. The van der Waals surface area contributed by atoms with Crippen molar-refractivity contribution in [2.45, 2.75) is 51.9 Å². The normalized spacial score (nSPS) is 22.2. The highest BCUT2D eigenvalue weighted by Crippen LogP contribution is 2.33. The molecule has 2 aliphatic rings. The summed E-state index contributed by atoms with van der Waals surface area (Å²) in [6.45, 7) is 5.52. The lowest BCUT2D eigenvalue weighted by molar-refractivity contribution is -0.137. The fourth-order valence-electron chi connectivity index (χ4n) is 4.89. The van der Waals surface area contributed by atoms with Gasteiger partial charge in [0.1, 0.15) is 12.1 Å². The quantitative estimate of drug-likeness (QED) is 0.692. The zero-order valence-corrected chi connectivity index (χ0v) is 18.2. The summed E-state index contributed by atoms with van der Waals surface area (Å²) in [4.78, 5) is 26.3. The van der Waals surface area contributed by atoms with E-state index in [9.17, 15) is 4.79 Å². The molecule has 1 aliphatic heterocycles. The Balaban J connectivity index is 1.30. The lowest BCUT2D eigenvalue weighted by atomic mass is 9.79. The van der Waals surface area contributed by atoms with Gasteiger partial charge in [0.2, 0.25) is 5.91 Å². The molecular formula is C25H34N4O. The molecule has 1 aliphatic carbocycles. The number of unbranched alkanes of at least 4 members (excludes halogenated alkanes) is 1. The van der Waals surface area contributed by atoms with Crippen LogP contribution < -0.4 is 4.90 Å². The van der Waals surface area contributed by atoms with Gasteiger partial charge in [-0.25, -0.2) is 9.97 Å². The minimum atomic E-state index is 0.248. The third-order valence-electron chi connectivity index (χ3n) is 6.80. The van der Waals surface area contributed by atoms with E-state index in [0.717, 1.165) is 62.0 Å². The predicted molar refractivity (Wildman–Crippen MR) is 121 cm³/mol. The lowest BCUT2D eigenvalue weighted by Crippen LogP contribution is -2.51. The van der Waals surface area contributed by atoms with Gasteiger partial charge in [-0.05, 0) is 31.6 Å². The maximum Gasteiger partial charge on any atom is 0.225 e. The van der Waals surface area contributed by atoms with E-state index >= 15 is 0 Å². The van der Waals surface area contributed by atoms with Crippen molar-refractivity contribution in [3.05, 3.63) is 42.7 Å². The van der Waals surface area contributed by atoms with Crippen molar-refractivity contribution in [1.82, 2.24) is 14.9 Å². The lowest BCUT2D eigenvalue weighted by Gasteiger charge is -2.38. The molecule has 0 unspecified atom stereocenters. The topological polar surface area (TPSA) is 49.3 Å². The summed E-state index contributed by atoms with van der Waals surface area (Å²) in [7, 11) is 0. The molecule has 5 heteroatoms. The fourth-order valence-corrected chi connectivity index (χ4v) is 4.89. The molecule has 0 spiro atoms. The van der Waals surface area contributed by atoms with Crippen LogP contribution in [0.15, 0.2) is 42.7 Å². The highest BCUT2D eigenvalue weighted by Gasteiger charge is 2.31. The Labute approximate surface area is 180 Å². The summed E-state index contributed by atoms with van der Waals surface area (Å²) >= 11 is 0. The van der Waals surface area contributed by atoms with Gasteiger partial charge in [0.15, 0.2) is 0 Å². The van der Waals surface area contributed by atoms with Crippen molar-refractivity contribution in [1.29, 1.82) is 0 Å². The molecule has 0 bridgehead atoms. The average molecular weight is 407 g/mol. The van der Waals surface area contributed by atoms with Crippen LogP contribution in [0.25, 0.3) is 11.3 Å². The second-order valence-corrected chi connectivity index (χ2v) is 8.80. The van der Waals surface area contributed by atoms with Gasteiger partial charge in [-0.1, -0.05) is 56.5 Å². The number of nitrogens with zero attached hydrogens (tertiary/aromatic N) is 4. The molecule has 160 valence electrons. The Morgan fingerprint density at radius 2 is 1.73 bits per heavy atom. The molecule has 0 N–H and O–H groups in total. The molecule has 0 radical (unpaired) electrons. The second-order valence-electron chi connectivity index (χ2n) is 8.80. The first-order chi connectivity index (χ1) is 14.7. The molecule has 1 aromatic heterocycles. The third-order valence-corrected chi connectivity index (χ3v) is 6.80. The number of carbonyl (C=O) groups excluding carboxylic acids is 1. The van der Waals surface area contributed by atoms with E-state index in [1.807, 2.05) is 18.2 Å². The first kappa shape index (κ1) is 20.8. The zero-order valence-electron chi connectivity index (χ0n) is 18.2. The molecule has 1 amide bonds. The maximum atomic E-state index is 13.0. The summed E-state index contributed by atoms with van der Waals surface area (Å²) in [6, 6.07) is 12.3. The van der Waals surface area contributed by atoms with Crippen LogP contribution in [-0.4, -0.2) is 47.0 Å². The Kier molecular flexibility index (Phi) is 6.98. The first-order valence-electron chi connectivity index (χ1n) is 11.7. The number of piperazine rings is 1. The Morgan fingerprint density at radius 3 is 2.43 bits per heavy atom. The van der Waals surface area contributed by atoms with E-state index in [2.05, 4.69) is 44.9 Å². The molecule has 1 saturated carbocycles. The van der Waals surface area contributed by atoms with E-state index in [0.29, 0.717) is 5.91 Å². The molecular weight excluding hydrogens is 372 g/mol. The number of benzene rings is 1. The summed E-state index contributed by atoms with van der Waals surface area (Å²) in [5, 5.41) is 0. The molecule has 4 rings (SSSR count). The summed E-state index contributed by atoms with van der Waals surface area (Å²) in [5.74, 6) is 2.43. The molecule has 2 fully saturated rings. The van der Waals surface area contributed by atoms with E-state index in [-0.39, 0.29) is 5.92 Å². The van der Waals surface area contributed by atoms with Gasteiger partial charge >= 0.3 is 0 Å². The molecule has 0 atom stereocenters. The highest BCUT2D eigenvalue weighted by molar-refractivity contribution is 5.79. The van der Waals surface area contributed by atoms with Crippen LogP contribution in [0.3, 0.4) is 0 Å². The molecule has 5 nitrogen and oxygen atoms in total. The van der Waals surface area contributed by atoms with E-state index < -0.39 is 0 Å². The number of aromatic nitrogens is 2. The summed E-state index contributed by atoms with van der Waals surface area (Å²) in [5.41, 5.74) is 2.04. The fraction of sp³-hybridized carbons (Fsp3) is 0.560.